The number of hydrogen-bond donors (Lipinski definition) is 2. The number of carbonyl (C=O) groups excluding carboxylic acids is 1. The monoisotopic (exact) mass is 361 g/mol. The lowest BCUT2D eigenvalue weighted by Crippen LogP contribution is -2.30. The van der Waals surface area contributed by atoms with Crippen LogP contribution >= 0.6 is 0 Å². The molecular formula is C18H23N3O3S. The van der Waals surface area contributed by atoms with Gasteiger partial charge in [0.05, 0.1) is 4.90 Å². The number of nitrogens with zero attached hydrogens (tertiary/aromatic N) is 1. The van der Waals surface area contributed by atoms with Crippen LogP contribution in [-0.4, -0.2) is 31.7 Å². The van der Waals surface area contributed by atoms with Crippen LogP contribution in [0.5, 0.6) is 0 Å². The molecule has 7 heteroatoms. The molecule has 0 saturated carbocycles. The quantitative estimate of drug-likeness (QED) is 0.774. The smallest absolute Gasteiger partial charge is 0.255 e. The molecule has 0 unspecified atom stereocenters. The molecule has 0 atom stereocenters. The van der Waals surface area contributed by atoms with Crippen LogP contribution in [0.3, 0.4) is 0 Å². The summed E-state index contributed by atoms with van der Waals surface area (Å²) in [5, 5.41) is 2.79. The van der Waals surface area contributed by atoms with E-state index in [1.807, 2.05) is 13.0 Å². The Morgan fingerprint density at radius 1 is 1.08 bits per heavy atom. The zero-order valence-corrected chi connectivity index (χ0v) is 15.4. The number of benzene rings is 2. The van der Waals surface area contributed by atoms with Crippen molar-refractivity contribution in [3.8, 4) is 0 Å². The van der Waals surface area contributed by atoms with Gasteiger partial charge in [-0.05, 0) is 48.9 Å². The van der Waals surface area contributed by atoms with Gasteiger partial charge in [-0.25, -0.2) is 8.42 Å². The predicted molar refractivity (Wildman–Crippen MR) is 100 cm³/mol. The molecule has 2 aromatic carbocycles. The van der Waals surface area contributed by atoms with Crippen molar-refractivity contribution in [2.24, 2.45) is 0 Å². The van der Waals surface area contributed by atoms with Crippen LogP contribution in [0.2, 0.25) is 0 Å². The van der Waals surface area contributed by atoms with Gasteiger partial charge in [0.15, 0.2) is 0 Å². The lowest BCUT2D eigenvalue weighted by atomic mass is 10.1. The third-order valence-corrected chi connectivity index (χ3v) is 6.03. The summed E-state index contributed by atoms with van der Waals surface area (Å²) in [4.78, 5) is 12.5. The van der Waals surface area contributed by atoms with Crippen LogP contribution in [0.15, 0.2) is 47.4 Å². The predicted octanol–water partition coefficient (Wildman–Crippen LogP) is 2.86. The van der Waals surface area contributed by atoms with Crippen molar-refractivity contribution >= 4 is 27.3 Å². The largest absolute Gasteiger partial charge is 0.399 e. The summed E-state index contributed by atoms with van der Waals surface area (Å²) in [7, 11) is -3.53. The van der Waals surface area contributed by atoms with E-state index in [1.165, 1.54) is 28.6 Å². The first-order valence-electron chi connectivity index (χ1n) is 8.07. The number of aryl methyl sites for hydroxylation is 1. The molecule has 3 N–H and O–H groups in total. The van der Waals surface area contributed by atoms with Gasteiger partial charge >= 0.3 is 0 Å². The van der Waals surface area contributed by atoms with Crippen molar-refractivity contribution in [1.82, 2.24) is 4.31 Å². The summed E-state index contributed by atoms with van der Waals surface area (Å²) in [5.41, 5.74) is 8.20. The van der Waals surface area contributed by atoms with Gasteiger partial charge in [0.25, 0.3) is 5.91 Å². The number of nitrogens with one attached hydrogen (secondary N) is 1. The fourth-order valence-corrected chi connectivity index (χ4v) is 3.92. The Morgan fingerprint density at radius 3 is 2.24 bits per heavy atom. The van der Waals surface area contributed by atoms with Crippen molar-refractivity contribution < 1.29 is 13.2 Å². The van der Waals surface area contributed by atoms with Gasteiger partial charge in [0.1, 0.15) is 0 Å². The summed E-state index contributed by atoms with van der Waals surface area (Å²) in [6, 6.07) is 11.2. The summed E-state index contributed by atoms with van der Waals surface area (Å²) >= 11 is 0. The molecule has 25 heavy (non-hydrogen) atoms. The van der Waals surface area contributed by atoms with E-state index >= 15 is 0 Å². The molecule has 0 aliphatic heterocycles. The van der Waals surface area contributed by atoms with E-state index in [4.69, 9.17) is 5.73 Å². The highest BCUT2D eigenvalue weighted by molar-refractivity contribution is 7.89. The van der Waals surface area contributed by atoms with Gasteiger partial charge in [0.2, 0.25) is 10.0 Å². The maximum Gasteiger partial charge on any atom is 0.255 e. The minimum Gasteiger partial charge on any atom is -0.399 e. The summed E-state index contributed by atoms with van der Waals surface area (Å²) < 4.78 is 26.3. The Hall–Kier alpha value is -2.38. The van der Waals surface area contributed by atoms with E-state index in [9.17, 15) is 13.2 Å². The number of amides is 1. The zero-order chi connectivity index (χ0) is 18.6. The van der Waals surface area contributed by atoms with Gasteiger partial charge in [-0.2, -0.15) is 4.31 Å². The highest BCUT2D eigenvalue weighted by Crippen LogP contribution is 2.20. The van der Waals surface area contributed by atoms with Gasteiger partial charge in [-0.1, -0.05) is 19.9 Å². The Labute approximate surface area is 148 Å². The van der Waals surface area contributed by atoms with Crippen molar-refractivity contribution in [1.29, 1.82) is 0 Å². The van der Waals surface area contributed by atoms with Gasteiger partial charge < -0.3 is 11.1 Å². The fourth-order valence-electron chi connectivity index (χ4n) is 2.46. The van der Waals surface area contributed by atoms with Crippen LogP contribution in [0.4, 0.5) is 11.4 Å². The van der Waals surface area contributed by atoms with E-state index in [-0.39, 0.29) is 10.8 Å². The molecular weight excluding hydrogens is 338 g/mol. The van der Waals surface area contributed by atoms with Crippen molar-refractivity contribution in [2.45, 2.75) is 25.7 Å². The van der Waals surface area contributed by atoms with E-state index in [2.05, 4.69) is 5.32 Å². The topological polar surface area (TPSA) is 92.5 Å². The lowest BCUT2D eigenvalue weighted by Gasteiger charge is -2.18. The van der Waals surface area contributed by atoms with E-state index < -0.39 is 10.0 Å². The van der Waals surface area contributed by atoms with Crippen LogP contribution in [-0.2, 0) is 10.0 Å². The molecule has 0 bridgehead atoms. The molecule has 0 aliphatic rings. The summed E-state index contributed by atoms with van der Waals surface area (Å²) in [6.07, 6.45) is 0. The molecule has 0 heterocycles. The fraction of sp³-hybridized carbons (Fsp3) is 0.278. The molecule has 2 aromatic rings. The van der Waals surface area contributed by atoms with Crippen molar-refractivity contribution in [3.63, 3.8) is 0 Å². The standard InChI is InChI=1S/C18H23N3O3S/c1-4-21(5-2)25(23,24)16-10-7-14(8-11-16)18(22)20-17-12-15(19)9-6-13(17)3/h6-12H,4-5,19H2,1-3H3,(H,20,22). The van der Waals surface area contributed by atoms with Crippen LogP contribution in [0, 0.1) is 6.92 Å². The molecule has 2 rings (SSSR count). The minimum atomic E-state index is -3.53. The number of anilines is 2. The third kappa shape index (κ3) is 4.18. The molecule has 0 aliphatic carbocycles. The normalized spacial score (nSPS) is 11.5. The maximum atomic E-state index is 12.5. The number of rotatable bonds is 6. The van der Waals surface area contributed by atoms with Gasteiger partial charge in [-0.15, -0.1) is 0 Å². The van der Waals surface area contributed by atoms with Crippen molar-refractivity contribution in [2.75, 3.05) is 24.1 Å². The summed E-state index contributed by atoms with van der Waals surface area (Å²) in [6.45, 7) is 6.24. The number of hydrogen-bond acceptors (Lipinski definition) is 4. The van der Waals surface area contributed by atoms with Gasteiger partial charge in [-0.3, -0.25) is 4.79 Å². The average molecular weight is 361 g/mol. The Balaban J connectivity index is 2.22. The Bertz CT molecular complexity index is 858. The first kappa shape index (κ1) is 19.0. The second kappa shape index (κ2) is 7.67. The Morgan fingerprint density at radius 2 is 1.68 bits per heavy atom. The van der Waals surface area contributed by atoms with E-state index in [0.717, 1.165) is 5.56 Å². The zero-order valence-electron chi connectivity index (χ0n) is 14.6. The maximum absolute atomic E-state index is 12.5. The minimum absolute atomic E-state index is 0.174. The molecule has 0 aromatic heterocycles. The molecule has 0 saturated heterocycles. The second-order valence-corrected chi connectivity index (χ2v) is 7.58. The lowest BCUT2D eigenvalue weighted by molar-refractivity contribution is 0.102. The number of carbonyl (C=O) groups is 1. The van der Waals surface area contributed by atoms with Crippen LogP contribution in [0.1, 0.15) is 29.8 Å². The molecule has 134 valence electrons. The van der Waals surface area contributed by atoms with E-state index in [1.54, 1.807) is 26.0 Å². The molecule has 0 spiro atoms. The summed E-state index contributed by atoms with van der Waals surface area (Å²) in [5.74, 6) is -0.319. The molecule has 0 fully saturated rings. The average Bonchev–Trinajstić information content (AvgIpc) is 2.59. The number of sulfonamides is 1. The van der Waals surface area contributed by atoms with E-state index in [0.29, 0.717) is 30.0 Å². The Kier molecular flexibility index (Phi) is 5.81. The molecule has 0 radical (unpaired) electrons. The highest BCUT2D eigenvalue weighted by Gasteiger charge is 2.21. The van der Waals surface area contributed by atoms with Gasteiger partial charge in [0, 0.05) is 30.0 Å². The second-order valence-electron chi connectivity index (χ2n) is 5.64. The first-order chi connectivity index (χ1) is 11.8. The molecule has 1 amide bonds. The van der Waals surface area contributed by atoms with Crippen LogP contribution in [0.25, 0.3) is 0 Å². The number of nitrogen functional groups attached to an aromatic ring is 1. The van der Waals surface area contributed by atoms with Crippen molar-refractivity contribution in [3.05, 3.63) is 53.6 Å². The SMILES string of the molecule is CCN(CC)S(=O)(=O)c1ccc(C(=O)Nc2cc(N)ccc2C)cc1. The highest BCUT2D eigenvalue weighted by atomic mass is 32.2. The van der Waals surface area contributed by atoms with Crippen LogP contribution < -0.4 is 11.1 Å². The number of nitrogens with two attached hydrogens (primary N) is 1. The third-order valence-electron chi connectivity index (χ3n) is 3.97. The molecule has 6 nitrogen and oxygen atoms in total. The first-order valence-corrected chi connectivity index (χ1v) is 9.51.